The Labute approximate surface area is 184 Å². The molecule has 0 aliphatic carbocycles. The van der Waals surface area contributed by atoms with Gasteiger partial charge in [-0.25, -0.2) is 4.79 Å². The molecule has 0 aliphatic rings. The van der Waals surface area contributed by atoms with E-state index in [-0.39, 0.29) is 6.42 Å². The fraction of sp³-hybridized carbons (Fsp3) is 0.450. The van der Waals surface area contributed by atoms with Crippen LogP contribution < -0.4 is 27.4 Å². The number of amides is 4. The van der Waals surface area contributed by atoms with Gasteiger partial charge in [-0.1, -0.05) is 30.3 Å². The summed E-state index contributed by atoms with van der Waals surface area (Å²) in [5.74, 6) is -4.91. The number of nitrogens with one attached hydrogen (secondary N) is 3. The van der Waals surface area contributed by atoms with Crippen molar-refractivity contribution in [3.05, 3.63) is 35.9 Å². The molecule has 0 bridgehead atoms. The van der Waals surface area contributed by atoms with Crippen molar-refractivity contribution in [2.24, 2.45) is 11.5 Å². The number of primary amides is 1. The number of benzene rings is 1. The van der Waals surface area contributed by atoms with Gasteiger partial charge in [0.15, 0.2) is 6.04 Å². The Kier molecular flexibility index (Phi) is 10.3. The predicted molar refractivity (Wildman–Crippen MR) is 113 cm³/mol. The quantitative estimate of drug-likeness (QED) is 0.178. The van der Waals surface area contributed by atoms with Gasteiger partial charge in [0.05, 0.1) is 18.6 Å². The molecule has 1 aromatic carbocycles. The molecule has 0 saturated heterocycles. The molecular formula is C20H29N5O7. The molecule has 176 valence electrons. The molecule has 12 heteroatoms. The molecule has 4 amide bonds. The molecule has 9 N–H and O–H groups in total. The predicted octanol–water partition coefficient (Wildman–Crippen LogP) is -2.63. The van der Waals surface area contributed by atoms with Crippen molar-refractivity contribution in [3.8, 4) is 0 Å². The van der Waals surface area contributed by atoms with E-state index in [0.29, 0.717) is 5.56 Å². The molecule has 0 aromatic heterocycles. The summed E-state index contributed by atoms with van der Waals surface area (Å²) in [6.07, 6.45) is -2.03. The average molecular weight is 451 g/mol. The lowest BCUT2D eigenvalue weighted by molar-refractivity contribution is -0.145. The van der Waals surface area contributed by atoms with Crippen LogP contribution in [0.3, 0.4) is 0 Å². The lowest BCUT2D eigenvalue weighted by Gasteiger charge is -2.25. The SMILES string of the molecule is CC(N)C(=O)NC(Cc1ccccc1)C(=O)NC(CC(N)=O)C(=O)NC(C(=O)O)C(C)O. The lowest BCUT2D eigenvalue weighted by Crippen LogP contribution is -2.59. The Hall–Kier alpha value is -3.51. The Morgan fingerprint density at radius 3 is 1.91 bits per heavy atom. The number of carbonyl (C=O) groups is 5. The minimum atomic E-state index is -1.67. The summed E-state index contributed by atoms with van der Waals surface area (Å²) in [5.41, 5.74) is 11.4. The summed E-state index contributed by atoms with van der Waals surface area (Å²) >= 11 is 0. The maximum Gasteiger partial charge on any atom is 0.328 e. The molecule has 0 fully saturated rings. The summed E-state index contributed by atoms with van der Waals surface area (Å²) in [7, 11) is 0. The molecule has 0 heterocycles. The maximum absolute atomic E-state index is 12.9. The van der Waals surface area contributed by atoms with E-state index in [1.807, 2.05) is 0 Å². The zero-order chi connectivity index (χ0) is 24.4. The summed E-state index contributed by atoms with van der Waals surface area (Å²) in [5, 5.41) is 25.5. The van der Waals surface area contributed by atoms with Crippen molar-refractivity contribution in [3.63, 3.8) is 0 Å². The summed E-state index contributed by atoms with van der Waals surface area (Å²) in [6, 6.07) is 3.44. The summed E-state index contributed by atoms with van der Waals surface area (Å²) < 4.78 is 0. The second kappa shape index (κ2) is 12.4. The van der Waals surface area contributed by atoms with Gasteiger partial charge >= 0.3 is 5.97 Å². The molecule has 0 saturated carbocycles. The van der Waals surface area contributed by atoms with Gasteiger partial charge in [0.2, 0.25) is 23.6 Å². The number of carboxylic acids is 1. The van der Waals surface area contributed by atoms with Crippen LogP contribution >= 0.6 is 0 Å². The third-order valence-electron chi connectivity index (χ3n) is 4.41. The van der Waals surface area contributed by atoms with Crippen LogP contribution in [-0.2, 0) is 30.4 Å². The number of nitrogens with two attached hydrogens (primary N) is 2. The molecule has 0 spiro atoms. The Bertz CT molecular complexity index is 829. The highest BCUT2D eigenvalue weighted by Gasteiger charge is 2.32. The van der Waals surface area contributed by atoms with E-state index in [1.54, 1.807) is 30.3 Å². The van der Waals surface area contributed by atoms with E-state index < -0.39 is 66.3 Å². The molecule has 32 heavy (non-hydrogen) atoms. The molecule has 0 radical (unpaired) electrons. The van der Waals surface area contributed by atoms with Crippen LogP contribution in [0.2, 0.25) is 0 Å². The third kappa shape index (κ3) is 8.70. The van der Waals surface area contributed by atoms with E-state index in [9.17, 15) is 29.1 Å². The monoisotopic (exact) mass is 451 g/mol. The van der Waals surface area contributed by atoms with Gasteiger partial charge in [-0.3, -0.25) is 19.2 Å². The Morgan fingerprint density at radius 1 is 0.906 bits per heavy atom. The number of hydrogen-bond donors (Lipinski definition) is 7. The van der Waals surface area contributed by atoms with Crippen LogP contribution in [0.15, 0.2) is 30.3 Å². The minimum absolute atomic E-state index is 0.0570. The minimum Gasteiger partial charge on any atom is -0.480 e. The molecule has 1 rings (SSSR count). The van der Waals surface area contributed by atoms with Gasteiger partial charge in [0.25, 0.3) is 0 Å². The fourth-order valence-corrected chi connectivity index (χ4v) is 2.69. The van der Waals surface area contributed by atoms with Crippen molar-refractivity contribution in [1.29, 1.82) is 0 Å². The second-order valence-corrected chi connectivity index (χ2v) is 7.34. The molecule has 12 nitrogen and oxygen atoms in total. The van der Waals surface area contributed by atoms with Gasteiger partial charge < -0.3 is 37.6 Å². The van der Waals surface area contributed by atoms with E-state index in [0.717, 1.165) is 6.92 Å². The van der Waals surface area contributed by atoms with Gasteiger partial charge in [-0.15, -0.1) is 0 Å². The van der Waals surface area contributed by atoms with Crippen LogP contribution in [-0.4, -0.2) is 70.1 Å². The van der Waals surface area contributed by atoms with Crippen LogP contribution in [0.25, 0.3) is 0 Å². The highest BCUT2D eigenvalue weighted by molar-refractivity contribution is 5.96. The van der Waals surface area contributed by atoms with Crippen LogP contribution in [0.4, 0.5) is 0 Å². The van der Waals surface area contributed by atoms with Crippen molar-refractivity contribution >= 4 is 29.6 Å². The van der Waals surface area contributed by atoms with E-state index in [1.165, 1.54) is 6.92 Å². The first-order valence-electron chi connectivity index (χ1n) is 9.82. The molecular weight excluding hydrogens is 422 g/mol. The highest BCUT2D eigenvalue weighted by atomic mass is 16.4. The lowest BCUT2D eigenvalue weighted by atomic mass is 10.0. The van der Waals surface area contributed by atoms with Crippen LogP contribution in [0, 0.1) is 0 Å². The topological polar surface area (TPSA) is 214 Å². The van der Waals surface area contributed by atoms with Crippen molar-refractivity contribution < 1.29 is 34.2 Å². The van der Waals surface area contributed by atoms with E-state index >= 15 is 0 Å². The molecule has 0 aliphatic heterocycles. The first kappa shape index (κ1) is 26.5. The van der Waals surface area contributed by atoms with Gasteiger partial charge in [-0.05, 0) is 19.4 Å². The number of hydrogen-bond acceptors (Lipinski definition) is 7. The summed E-state index contributed by atoms with van der Waals surface area (Å²) in [6.45, 7) is 2.58. The van der Waals surface area contributed by atoms with Crippen molar-refractivity contribution in [2.75, 3.05) is 0 Å². The number of aliphatic hydroxyl groups excluding tert-OH is 1. The first-order chi connectivity index (χ1) is 14.9. The number of carboxylic acid groups (broad SMARTS) is 1. The summed E-state index contributed by atoms with van der Waals surface area (Å²) in [4.78, 5) is 60.1. The molecule has 5 atom stereocenters. The van der Waals surface area contributed by atoms with E-state index in [2.05, 4.69) is 16.0 Å². The van der Waals surface area contributed by atoms with Crippen LogP contribution in [0.5, 0.6) is 0 Å². The highest BCUT2D eigenvalue weighted by Crippen LogP contribution is 2.06. The van der Waals surface area contributed by atoms with Crippen molar-refractivity contribution in [2.45, 2.75) is 57.0 Å². The maximum atomic E-state index is 12.9. The zero-order valence-electron chi connectivity index (χ0n) is 17.8. The normalized spacial score (nSPS) is 15.4. The first-order valence-corrected chi connectivity index (χ1v) is 9.82. The van der Waals surface area contributed by atoms with Gasteiger partial charge in [-0.2, -0.15) is 0 Å². The van der Waals surface area contributed by atoms with Crippen molar-refractivity contribution in [1.82, 2.24) is 16.0 Å². The van der Waals surface area contributed by atoms with Gasteiger partial charge in [0, 0.05) is 6.42 Å². The Morgan fingerprint density at radius 2 is 1.44 bits per heavy atom. The largest absolute Gasteiger partial charge is 0.480 e. The number of aliphatic hydroxyl groups is 1. The number of rotatable bonds is 12. The van der Waals surface area contributed by atoms with Gasteiger partial charge in [0.1, 0.15) is 12.1 Å². The third-order valence-corrected chi connectivity index (χ3v) is 4.41. The van der Waals surface area contributed by atoms with E-state index in [4.69, 9.17) is 16.6 Å². The fourth-order valence-electron chi connectivity index (χ4n) is 2.69. The number of aliphatic carboxylic acids is 1. The second-order valence-electron chi connectivity index (χ2n) is 7.34. The molecule has 1 aromatic rings. The smallest absolute Gasteiger partial charge is 0.328 e. The van der Waals surface area contributed by atoms with Crippen LogP contribution in [0.1, 0.15) is 25.8 Å². The standard InChI is InChI=1S/C20H29N5O7/c1-10(21)17(28)23-13(8-12-6-4-3-5-7-12)18(29)24-14(9-15(22)27)19(30)25-16(11(2)26)20(31)32/h3-7,10-11,13-14,16,26H,8-9,21H2,1-2H3,(H2,22,27)(H,23,28)(H,24,29)(H,25,30)(H,31,32). The number of carbonyl (C=O) groups excluding carboxylic acids is 4. The Balaban J connectivity index is 3.07. The average Bonchev–Trinajstić information content (AvgIpc) is 2.70. The molecule has 5 unspecified atom stereocenters. The zero-order valence-corrected chi connectivity index (χ0v) is 17.8.